The van der Waals surface area contributed by atoms with Gasteiger partial charge in [-0.05, 0) is 37.1 Å². The minimum absolute atomic E-state index is 0.0466. The monoisotopic (exact) mass is 411 g/mol. The zero-order valence-corrected chi connectivity index (χ0v) is 17.2. The fourth-order valence-electron chi connectivity index (χ4n) is 3.47. The Morgan fingerprint density at radius 2 is 2.21 bits per heavy atom. The predicted molar refractivity (Wildman–Crippen MR) is 112 cm³/mol. The van der Waals surface area contributed by atoms with Crippen LogP contribution in [0.3, 0.4) is 0 Å². The molecule has 1 saturated carbocycles. The number of aromatic nitrogens is 3. The van der Waals surface area contributed by atoms with Crippen molar-refractivity contribution in [2.24, 2.45) is 5.92 Å². The van der Waals surface area contributed by atoms with Crippen LogP contribution >= 0.6 is 22.7 Å². The fourth-order valence-corrected chi connectivity index (χ4v) is 5.34. The van der Waals surface area contributed by atoms with Crippen LogP contribution in [0.4, 0.5) is 5.00 Å². The Hall–Kier alpha value is -2.32. The summed E-state index contributed by atoms with van der Waals surface area (Å²) in [5.74, 6) is 0.751. The Balaban J connectivity index is 1.32. The van der Waals surface area contributed by atoms with E-state index in [4.69, 9.17) is 4.98 Å². The normalized spacial score (nSPS) is 18.3. The molecule has 1 aliphatic carbocycles. The average Bonchev–Trinajstić information content (AvgIpc) is 3.08. The molecule has 1 fully saturated rings. The van der Waals surface area contributed by atoms with Crippen molar-refractivity contribution in [3.63, 3.8) is 0 Å². The molecule has 1 aliphatic heterocycles. The lowest BCUT2D eigenvalue weighted by Crippen LogP contribution is -2.46. The molecular weight excluding hydrogens is 390 g/mol. The Labute approximate surface area is 171 Å². The molecule has 0 bridgehead atoms. The van der Waals surface area contributed by atoms with Gasteiger partial charge < -0.3 is 10.2 Å². The van der Waals surface area contributed by atoms with Crippen LogP contribution in [0.15, 0.2) is 29.2 Å². The first-order valence-corrected chi connectivity index (χ1v) is 11.3. The van der Waals surface area contributed by atoms with Crippen LogP contribution in [0.25, 0.3) is 10.6 Å². The Kier molecular flexibility index (Phi) is 4.60. The first-order chi connectivity index (χ1) is 13.7. The van der Waals surface area contributed by atoms with Gasteiger partial charge in [0.15, 0.2) is 0 Å². The fraction of sp³-hybridized carbons (Fsp3) is 0.400. The summed E-state index contributed by atoms with van der Waals surface area (Å²) >= 11 is 3.40. The Morgan fingerprint density at radius 1 is 1.32 bits per heavy atom. The number of hydrogen-bond acceptors (Lipinski definition) is 7. The summed E-state index contributed by atoms with van der Waals surface area (Å²) in [7, 11) is 0. The van der Waals surface area contributed by atoms with Gasteiger partial charge in [0.2, 0.25) is 5.91 Å². The molecule has 0 radical (unpaired) electrons. The maximum atomic E-state index is 13.0. The standard InChI is InChI=1S/C20H21N5OS2/c1-12-7-22-15(8-21-12)9-23-18(26)17-6-16-20(25(17)10-13-2-3-13)28-19(24-16)14-4-5-27-11-14/h4-5,7-8,11,13,17H,2-3,6,9-10H2,1H3,(H,23,26). The van der Waals surface area contributed by atoms with Gasteiger partial charge in [0.05, 0.1) is 29.8 Å². The van der Waals surface area contributed by atoms with Crippen molar-refractivity contribution < 1.29 is 4.79 Å². The Bertz CT molecular complexity index is 979. The second-order valence-electron chi connectivity index (χ2n) is 7.47. The van der Waals surface area contributed by atoms with E-state index in [0.29, 0.717) is 18.9 Å². The first-order valence-electron chi connectivity index (χ1n) is 9.51. The second kappa shape index (κ2) is 7.25. The minimum atomic E-state index is -0.177. The number of nitrogens with zero attached hydrogens (tertiary/aromatic N) is 4. The molecule has 3 aromatic rings. The summed E-state index contributed by atoms with van der Waals surface area (Å²) in [6.45, 7) is 3.25. The third-order valence-electron chi connectivity index (χ3n) is 5.20. The zero-order chi connectivity index (χ0) is 19.1. The van der Waals surface area contributed by atoms with Crippen LogP contribution in [-0.2, 0) is 17.8 Å². The van der Waals surface area contributed by atoms with Crippen molar-refractivity contribution in [2.45, 2.75) is 38.8 Å². The van der Waals surface area contributed by atoms with E-state index in [-0.39, 0.29) is 11.9 Å². The molecule has 6 nitrogen and oxygen atoms in total. The molecular formula is C20H21N5OS2. The third-order valence-corrected chi connectivity index (χ3v) is 7.07. The van der Waals surface area contributed by atoms with Gasteiger partial charge in [-0.2, -0.15) is 11.3 Å². The quantitative estimate of drug-likeness (QED) is 0.673. The topological polar surface area (TPSA) is 71.0 Å². The molecule has 8 heteroatoms. The van der Waals surface area contributed by atoms with Gasteiger partial charge in [-0.15, -0.1) is 0 Å². The highest BCUT2D eigenvalue weighted by Gasteiger charge is 2.40. The number of carbonyl (C=O) groups excluding carboxylic acids is 1. The lowest BCUT2D eigenvalue weighted by molar-refractivity contribution is -0.122. The van der Waals surface area contributed by atoms with Crippen LogP contribution < -0.4 is 10.2 Å². The van der Waals surface area contributed by atoms with Crippen molar-refractivity contribution in [2.75, 3.05) is 11.4 Å². The highest BCUT2D eigenvalue weighted by atomic mass is 32.1. The zero-order valence-electron chi connectivity index (χ0n) is 15.6. The second-order valence-corrected chi connectivity index (χ2v) is 9.22. The van der Waals surface area contributed by atoms with Crippen molar-refractivity contribution >= 4 is 33.6 Å². The van der Waals surface area contributed by atoms with E-state index in [1.807, 2.05) is 6.92 Å². The Morgan fingerprint density at radius 3 is 2.93 bits per heavy atom. The van der Waals surface area contributed by atoms with Gasteiger partial charge >= 0.3 is 0 Å². The molecule has 0 saturated heterocycles. The molecule has 5 rings (SSSR count). The molecule has 0 spiro atoms. The SMILES string of the molecule is Cc1cnc(CNC(=O)C2Cc3nc(-c4ccsc4)sc3N2CC2CC2)cn1. The van der Waals surface area contributed by atoms with Crippen molar-refractivity contribution in [3.8, 4) is 10.6 Å². The molecule has 4 heterocycles. The van der Waals surface area contributed by atoms with E-state index in [2.05, 4.69) is 37.0 Å². The van der Waals surface area contributed by atoms with Gasteiger partial charge in [0, 0.05) is 30.1 Å². The van der Waals surface area contributed by atoms with Crippen LogP contribution in [0.1, 0.15) is 29.9 Å². The molecule has 1 unspecified atom stereocenters. The molecule has 3 aromatic heterocycles. The summed E-state index contributed by atoms with van der Waals surface area (Å²) in [5.41, 5.74) is 3.88. The molecule has 1 N–H and O–H groups in total. The molecule has 1 amide bonds. The molecule has 28 heavy (non-hydrogen) atoms. The smallest absolute Gasteiger partial charge is 0.243 e. The number of amides is 1. The van der Waals surface area contributed by atoms with Crippen LogP contribution in [0, 0.1) is 12.8 Å². The molecule has 144 valence electrons. The van der Waals surface area contributed by atoms with Crippen molar-refractivity contribution in [1.82, 2.24) is 20.3 Å². The van der Waals surface area contributed by atoms with Gasteiger partial charge in [0.25, 0.3) is 0 Å². The van der Waals surface area contributed by atoms with Gasteiger partial charge in [-0.1, -0.05) is 11.3 Å². The minimum Gasteiger partial charge on any atom is -0.349 e. The lowest BCUT2D eigenvalue weighted by Gasteiger charge is -2.25. The molecule has 1 atom stereocenters. The van der Waals surface area contributed by atoms with Gasteiger partial charge in [-0.3, -0.25) is 14.8 Å². The number of hydrogen-bond donors (Lipinski definition) is 1. The maximum absolute atomic E-state index is 13.0. The van der Waals surface area contributed by atoms with Crippen LogP contribution in [-0.4, -0.2) is 33.4 Å². The number of aryl methyl sites for hydroxylation is 1. The summed E-state index contributed by atoms with van der Waals surface area (Å²) in [5, 5.41) is 9.48. The van der Waals surface area contributed by atoms with E-state index in [1.165, 1.54) is 23.4 Å². The van der Waals surface area contributed by atoms with Crippen molar-refractivity contribution in [1.29, 1.82) is 0 Å². The largest absolute Gasteiger partial charge is 0.349 e. The van der Waals surface area contributed by atoms with E-state index in [9.17, 15) is 4.79 Å². The molecule has 0 aromatic carbocycles. The van der Waals surface area contributed by atoms with Crippen molar-refractivity contribution in [3.05, 3.63) is 46.3 Å². The number of thiophene rings is 1. The number of carbonyl (C=O) groups is 1. The number of anilines is 1. The summed E-state index contributed by atoms with van der Waals surface area (Å²) < 4.78 is 0. The first kappa shape index (κ1) is 17.8. The van der Waals surface area contributed by atoms with Gasteiger partial charge in [0.1, 0.15) is 16.1 Å². The number of thiazole rings is 1. The summed E-state index contributed by atoms with van der Waals surface area (Å²) in [4.78, 5) is 28.7. The van der Waals surface area contributed by atoms with Crippen LogP contribution in [0.5, 0.6) is 0 Å². The maximum Gasteiger partial charge on any atom is 0.243 e. The summed E-state index contributed by atoms with van der Waals surface area (Å²) in [6, 6.07) is 1.93. The highest BCUT2D eigenvalue weighted by Crippen LogP contribution is 2.43. The number of nitrogens with one attached hydrogen (secondary N) is 1. The number of fused-ring (bicyclic) bond motifs is 1. The highest BCUT2D eigenvalue weighted by molar-refractivity contribution is 7.19. The summed E-state index contributed by atoms with van der Waals surface area (Å²) in [6.07, 6.45) is 6.64. The lowest BCUT2D eigenvalue weighted by atomic mass is 10.2. The average molecular weight is 412 g/mol. The van der Waals surface area contributed by atoms with E-state index < -0.39 is 0 Å². The van der Waals surface area contributed by atoms with E-state index in [0.717, 1.165) is 28.6 Å². The van der Waals surface area contributed by atoms with E-state index in [1.54, 1.807) is 35.1 Å². The van der Waals surface area contributed by atoms with Crippen LogP contribution in [0.2, 0.25) is 0 Å². The molecule has 2 aliphatic rings. The van der Waals surface area contributed by atoms with E-state index >= 15 is 0 Å². The third kappa shape index (κ3) is 3.54. The van der Waals surface area contributed by atoms with Gasteiger partial charge in [-0.25, -0.2) is 4.98 Å². The number of rotatable bonds is 6. The predicted octanol–water partition coefficient (Wildman–Crippen LogP) is 3.43.